The predicted octanol–water partition coefficient (Wildman–Crippen LogP) is 11.8. The Labute approximate surface area is 252 Å². The summed E-state index contributed by atoms with van der Waals surface area (Å²) in [5, 5.41) is 5.11. The lowest BCUT2D eigenvalue weighted by molar-refractivity contribution is 1.42. The molecule has 0 radical (unpaired) electrons. The molecule has 0 aliphatic heterocycles. The fourth-order valence-electron chi connectivity index (χ4n) is 6.71. The van der Waals surface area contributed by atoms with Crippen molar-refractivity contribution in [2.45, 2.75) is 6.42 Å². The quantitative estimate of drug-likeness (QED) is 0.193. The van der Waals surface area contributed by atoms with E-state index in [0.29, 0.717) is 0 Å². The van der Waals surface area contributed by atoms with Crippen LogP contribution in [0.5, 0.6) is 0 Å². The number of benzene rings is 7. The molecule has 0 aromatic heterocycles. The van der Waals surface area contributed by atoms with E-state index in [0.717, 1.165) is 6.42 Å². The van der Waals surface area contributed by atoms with Crippen LogP contribution in [-0.4, -0.2) is 0 Å². The zero-order valence-electron chi connectivity index (χ0n) is 23.9. The lowest BCUT2D eigenvalue weighted by atomic mass is 9.82. The third-order valence-corrected chi connectivity index (χ3v) is 8.64. The van der Waals surface area contributed by atoms with Gasteiger partial charge in [0.05, 0.1) is 0 Å². The van der Waals surface area contributed by atoms with Crippen molar-refractivity contribution in [3.63, 3.8) is 0 Å². The lowest BCUT2D eigenvalue weighted by Gasteiger charge is -2.21. The Morgan fingerprint density at radius 3 is 1.42 bits per heavy atom. The molecular weight excluding hydrogens is 516 g/mol. The molecule has 0 heteroatoms. The summed E-state index contributed by atoms with van der Waals surface area (Å²) in [6.07, 6.45) is 7.84. The molecular formula is C43H30. The van der Waals surface area contributed by atoms with Gasteiger partial charge in [0, 0.05) is 0 Å². The number of allylic oxidation sites excluding steroid dienone is 2. The van der Waals surface area contributed by atoms with Gasteiger partial charge in [-0.25, -0.2) is 0 Å². The minimum atomic E-state index is 0.911. The molecule has 0 nitrogen and oxygen atoms in total. The molecule has 0 amide bonds. The average Bonchev–Trinajstić information content (AvgIpc) is 3.30. The summed E-state index contributed by atoms with van der Waals surface area (Å²) < 4.78 is 0. The number of hydrogen-bond donors (Lipinski definition) is 0. The normalized spacial score (nSPS) is 12.6. The van der Waals surface area contributed by atoms with Gasteiger partial charge in [0.25, 0.3) is 0 Å². The molecule has 7 aromatic rings. The summed E-state index contributed by atoms with van der Waals surface area (Å²) in [4.78, 5) is 0. The Kier molecular flexibility index (Phi) is 6.31. The van der Waals surface area contributed by atoms with Crippen molar-refractivity contribution < 1.29 is 0 Å². The molecule has 0 N–H and O–H groups in total. The van der Waals surface area contributed by atoms with Crippen LogP contribution in [0.25, 0.3) is 66.6 Å². The Hall–Kier alpha value is -5.46. The van der Waals surface area contributed by atoms with Gasteiger partial charge in [-0.3, -0.25) is 0 Å². The van der Waals surface area contributed by atoms with Crippen molar-refractivity contribution in [1.82, 2.24) is 0 Å². The van der Waals surface area contributed by atoms with E-state index in [1.54, 1.807) is 0 Å². The maximum atomic E-state index is 2.40. The fourth-order valence-corrected chi connectivity index (χ4v) is 6.71. The van der Waals surface area contributed by atoms with Gasteiger partial charge in [0.2, 0.25) is 0 Å². The Morgan fingerprint density at radius 1 is 0.372 bits per heavy atom. The molecule has 1 aliphatic rings. The van der Waals surface area contributed by atoms with E-state index in [1.165, 1.54) is 77.2 Å². The first-order valence-electron chi connectivity index (χ1n) is 15.0. The molecule has 202 valence electrons. The molecule has 0 bridgehead atoms. The molecule has 0 atom stereocenters. The van der Waals surface area contributed by atoms with Crippen molar-refractivity contribution >= 4 is 33.2 Å². The number of rotatable bonds is 4. The highest BCUT2D eigenvalue weighted by Crippen LogP contribution is 2.45. The second-order valence-electron chi connectivity index (χ2n) is 11.2. The second-order valence-corrected chi connectivity index (χ2v) is 11.2. The van der Waals surface area contributed by atoms with Crippen LogP contribution in [0, 0.1) is 0 Å². The molecule has 1 aliphatic carbocycles. The molecule has 8 rings (SSSR count). The Morgan fingerprint density at radius 2 is 0.837 bits per heavy atom. The van der Waals surface area contributed by atoms with E-state index in [1.807, 2.05) is 0 Å². The summed E-state index contributed by atoms with van der Waals surface area (Å²) >= 11 is 0. The second kappa shape index (κ2) is 10.7. The SMILES string of the molecule is C1=Cc2ccccc2C(c2c3ccccc3c(-c3cc(-c4ccccc4)cc(-c4ccccc4)c3)c3ccccc23)=CC1. The largest absolute Gasteiger partial charge is 0.0801 e. The molecule has 0 fully saturated rings. The van der Waals surface area contributed by atoms with E-state index in [2.05, 4.69) is 170 Å². The third kappa shape index (κ3) is 4.49. The van der Waals surface area contributed by atoms with Gasteiger partial charge in [-0.2, -0.15) is 0 Å². The fraction of sp³-hybridized carbons (Fsp3) is 0.0233. The van der Waals surface area contributed by atoms with Crippen molar-refractivity contribution in [1.29, 1.82) is 0 Å². The summed E-state index contributed by atoms with van der Waals surface area (Å²) in [6.45, 7) is 0. The first-order valence-corrected chi connectivity index (χ1v) is 15.0. The number of fused-ring (bicyclic) bond motifs is 3. The van der Waals surface area contributed by atoms with Crippen LogP contribution in [0.2, 0.25) is 0 Å². The van der Waals surface area contributed by atoms with Crippen LogP contribution < -0.4 is 0 Å². The lowest BCUT2D eigenvalue weighted by Crippen LogP contribution is -1.97. The average molecular weight is 547 g/mol. The first kappa shape index (κ1) is 25.3. The molecule has 0 spiro atoms. The van der Waals surface area contributed by atoms with Crippen LogP contribution in [0.3, 0.4) is 0 Å². The third-order valence-electron chi connectivity index (χ3n) is 8.64. The van der Waals surface area contributed by atoms with Gasteiger partial charge in [-0.1, -0.05) is 152 Å². The highest BCUT2D eigenvalue weighted by atomic mass is 14.2. The zero-order chi connectivity index (χ0) is 28.6. The highest BCUT2D eigenvalue weighted by molar-refractivity contribution is 6.20. The number of hydrogen-bond acceptors (Lipinski definition) is 0. The molecule has 0 heterocycles. The van der Waals surface area contributed by atoms with E-state index in [9.17, 15) is 0 Å². The zero-order valence-corrected chi connectivity index (χ0v) is 23.9. The van der Waals surface area contributed by atoms with Crippen LogP contribution in [0.15, 0.2) is 164 Å². The molecule has 0 saturated heterocycles. The minimum absolute atomic E-state index is 0.911. The predicted molar refractivity (Wildman–Crippen MR) is 185 cm³/mol. The topological polar surface area (TPSA) is 0 Å². The maximum Gasteiger partial charge on any atom is -0.00232 e. The Bertz CT molecular complexity index is 2070. The summed E-state index contributed by atoms with van der Waals surface area (Å²) in [6, 6.07) is 55.3. The van der Waals surface area contributed by atoms with E-state index >= 15 is 0 Å². The smallest absolute Gasteiger partial charge is 0.00232 e. The van der Waals surface area contributed by atoms with Crippen LogP contribution in [-0.2, 0) is 0 Å². The maximum absolute atomic E-state index is 2.40. The summed E-state index contributed by atoms with van der Waals surface area (Å²) in [5.74, 6) is 0. The first-order chi connectivity index (χ1) is 21.3. The van der Waals surface area contributed by atoms with Crippen LogP contribution in [0.1, 0.15) is 23.1 Å². The van der Waals surface area contributed by atoms with Crippen LogP contribution >= 0.6 is 0 Å². The standard InChI is InChI=1S/C43H30/c1-3-15-30(16-4-1)33-27-34(31-17-5-2-6-18-31)29-35(28-33)42-38-23-11-13-25-40(38)43(41-26-14-12-24-39(41)42)37-22-10-8-20-32-19-7-9-21-36(32)37/h1-9,11-29H,10H2. The van der Waals surface area contributed by atoms with Crippen molar-refractivity contribution in [3.8, 4) is 33.4 Å². The van der Waals surface area contributed by atoms with Gasteiger partial charge in [-0.05, 0) is 102 Å². The minimum Gasteiger partial charge on any atom is -0.0801 e. The van der Waals surface area contributed by atoms with E-state index in [4.69, 9.17) is 0 Å². The molecule has 0 saturated carbocycles. The monoisotopic (exact) mass is 546 g/mol. The van der Waals surface area contributed by atoms with Crippen molar-refractivity contribution in [2.24, 2.45) is 0 Å². The Balaban J connectivity index is 1.47. The summed E-state index contributed by atoms with van der Waals surface area (Å²) in [5.41, 5.74) is 12.6. The van der Waals surface area contributed by atoms with Gasteiger partial charge >= 0.3 is 0 Å². The van der Waals surface area contributed by atoms with Gasteiger partial charge in [0.1, 0.15) is 0 Å². The van der Waals surface area contributed by atoms with Gasteiger partial charge in [0.15, 0.2) is 0 Å². The van der Waals surface area contributed by atoms with Crippen molar-refractivity contribution in [2.75, 3.05) is 0 Å². The molecule has 7 aromatic carbocycles. The van der Waals surface area contributed by atoms with Gasteiger partial charge < -0.3 is 0 Å². The molecule has 0 unspecified atom stereocenters. The van der Waals surface area contributed by atoms with E-state index < -0.39 is 0 Å². The van der Waals surface area contributed by atoms with Crippen LogP contribution in [0.4, 0.5) is 0 Å². The molecule has 43 heavy (non-hydrogen) atoms. The van der Waals surface area contributed by atoms with Crippen molar-refractivity contribution in [3.05, 3.63) is 181 Å². The van der Waals surface area contributed by atoms with Gasteiger partial charge in [-0.15, -0.1) is 0 Å². The highest BCUT2D eigenvalue weighted by Gasteiger charge is 2.21. The van der Waals surface area contributed by atoms with E-state index in [-0.39, 0.29) is 0 Å². The summed E-state index contributed by atoms with van der Waals surface area (Å²) in [7, 11) is 0.